The quantitative estimate of drug-likeness (QED) is 0.253. The van der Waals surface area contributed by atoms with Gasteiger partial charge in [-0.2, -0.15) is 0 Å². The Labute approximate surface area is 196 Å². The van der Waals surface area contributed by atoms with E-state index in [0.717, 1.165) is 11.1 Å². The highest BCUT2D eigenvalue weighted by Crippen LogP contribution is 2.32. The summed E-state index contributed by atoms with van der Waals surface area (Å²) in [5.74, 6) is -0.265. The van der Waals surface area contributed by atoms with Gasteiger partial charge in [-0.05, 0) is 61.9 Å². The van der Waals surface area contributed by atoms with Crippen molar-refractivity contribution in [2.24, 2.45) is 0 Å². The topological polar surface area (TPSA) is 65.5 Å². The van der Waals surface area contributed by atoms with Crippen LogP contribution in [-0.2, 0) is 4.74 Å². The zero-order chi connectivity index (χ0) is 23.5. The molecule has 0 saturated heterocycles. The number of carbonyl (C=O) groups excluding carboxylic acids is 2. The average Bonchev–Trinajstić information content (AvgIpc) is 2.82. The van der Waals surface area contributed by atoms with Crippen molar-refractivity contribution in [2.75, 3.05) is 13.7 Å². The first-order valence-electron chi connectivity index (χ1n) is 10.4. The summed E-state index contributed by atoms with van der Waals surface area (Å²) in [6.07, 6.45) is 0. The van der Waals surface area contributed by atoms with Gasteiger partial charge < -0.3 is 9.47 Å². The molecule has 33 heavy (non-hydrogen) atoms. The molecule has 166 valence electrons. The number of Topliss-reactive ketones (excluding diaryl/α,β-unsaturated/α-hetero) is 1. The van der Waals surface area contributed by atoms with Crippen molar-refractivity contribution in [1.82, 2.24) is 4.98 Å². The highest BCUT2D eigenvalue weighted by molar-refractivity contribution is 6.31. The van der Waals surface area contributed by atoms with E-state index < -0.39 is 5.97 Å². The molecule has 0 radical (unpaired) electrons. The largest absolute Gasteiger partial charge is 0.497 e. The molecular weight excluding hydrogens is 438 g/mol. The van der Waals surface area contributed by atoms with E-state index in [1.54, 1.807) is 49.6 Å². The predicted octanol–water partition coefficient (Wildman–Crippen LogP) is 6.22. The molecule has 0 aliphatic heterocycles. The Morgan fingerprint density at radius 2 is 1.64 bits per heavy atom. The number of hydrogen-bond donors (Lipinski definition) is 0. The van der Waals surface area contributed by atoms with Crippen molar-refractivity contribution in [1.29, 1.82) is 0 Å². The van der Waals surface area contributed by atoms with E-state index in [9.17, 15) is 9.59 Å². The van der Waals surface area contributed by atoms with E-state index in [1.807, 2.05) is 38.1 Å². The first-order chi connectivity index (χ1) is 15.9. The van der Waals surface area contributed by atoms with Crippen molar-refractivity contribution >= 4 is 34.3 Å². The number of aromatic nitrogens is 1. The van der Waals surface area contributed by atoms with Crippen LogP contribution in [-0.4, -0.2) is 30.5 Å². The number of fused-ring (bicyclic) bond motifs is 1. The number of pyridine rings is 1. The lowest BCUT2D eigenvalue weighted by molar-refractivity contribution is 0.0476. The monoisotopic (exact) mass is 459 g/mol. The van der Waals surface area contributed by atoms with Crippen LogP contribution in [0.3, 0.4) is 0 Å². The number of benzene rings is 3. The van der Waals surface area contributed by atoms with Crippen LogP contribution in [0.15, 0.2) is 66.7 Å². The van der Waals surface area contributed by atoms with Crippen LogP contribution in [0.25, 0.3) is 22.2 Å². The number of nitrogens with zero attached hydrogens (tertiary/aromatic N) is 1. The number of aryl methyl sites for hydroxylation is 1. The minimum absolute atomic E-state index is 0.307. The van der Waals surface area contributed by atoms with E-state index >= 15 is 0 Å². The molecule has 0 aliphatic rings. The van der Waals surface area contributed by atoms with Gasteiger partial charge in [0.1, 0.15) is 5.75 Å². The van der Waals surface area contributed by atoms with Gasteiger partial charge in [0.2, 0.25) is 0 Å². The van der Waals surface area contributed by atoms with Crippen molar-refractivity contribution in [2.45, 2.75) is 13.8 Å². The molecular formula is C27H22ClNO4. The summed E-state index contributed by atoms with van der Waals surface area (Å²) in [7, 11) is 1.55. The Morgan fingerprint density at radius 3 is 2.30 bits per heavy atom. The first kappa shape index (κ1) is 22.5. The smallest absolute Gasteiger partial charge is 0.339 e. The second kappa shape index (κ2) is 9.43. The van der Waals surface area contributed by atoms with Gasteiger partial charge in [0, 0.05) is 21.5 Å². The lowest BCUT2D eigenvalue weighted by Gasteiger charge is -2.15. The maximum Gasteiger partial charge on any atom is 0.339 e. The summed E-state index contributed by atoms with van der Waals surface area (Å²) in [5.41, 5.74) is 4.76. The molecule has 1 aromatic heterocycles. The molecule has 0 spiro atoms. The third-order valence-electron chi connectivity index (χ3n) is 5.47. The number of methoxy groups -OCH3 is 1. The van der Waals surface area contributed by atoms with Gasteiger partial charge in [0.05, 0.1) is 23.9 Å². The number of ketones is 1. The summed E-state index contributed by atoms with van der Waals surface area (Å²) < 4.78 is 10.6. The first-order valence-corrected chi connectivity index (χ1v) is 10.8. The molecule has 0 fully saturated rings. The number of ether oxygens (including phenoxy) is 2. The van der Waals surface area contributed by atoms with Crippen LogP contribution in [0.5, 0.6) is 5.75 Å². The van der Waals surface area contributed by atoms with Crippen molar-refractivity contribution in [3.05, 3.63) is 94.0 Å². The van der Waals surface area contributed by atoms with Crippen LogP contribution in [0.1, 0.15) is 31.8 Å². The van der Waals surface area contributed by atoms with E-state index in [4.69, 9.17) is 26.1 Å². The highest BCUT2D eigenvalue weighted by atomic mass is 35.5. The normalized spacial score (nSPS) is 10.8. The fraction of sp³-hybridized carbons (Fsp3) is 0.148. The molecule has 5 nitrogen and oxygen atoms in total. The molecule has 6 heteroatoms. The number of halogens is 1. The van der Waals surface area contributed by atoms with Gasteiger partial charge in [-0.3, -0.25) is 4.79 Å². The zero-order valence-corrected chi connectivity index (χ0v) is 19.3. The van der Waals surface area contributed by atoms with Crippen LogP contribution < -0.4 is 4.74 Å². The van der Waals surface area contributed by atoms with E-state index in [0.29, 0.717) is 44.1 Å². The fourth-order valence-electron chi connectivity index (χ4n) is 3.65. The summed E-state index contributed by atoms with van der Waals surface area (Å²) >= 11 is 6.21. The summed E-state index contributed by atoms with van der Waals surface area (Å²) in [6.45, 7) is 3.45. The van der Waals surface area contributed by atoms with E-state index in [-0.39, 0.29) is 12.4 Å². The van der Waals surface area contributed by atoms with Gasteiger partial charge in [-0.1, -0.05) is 41.4 Å². The molecule has 0 unspecified atom stereocenters. The molecule has 4 rings (SSSR count). The Hall–Kier alpha value is -3.70. The molecule has 0 bridgehead atoms. The third kappa shape index (κ3) is 4.73. The molecule has 0 saturated carbocycles. The molecule has 0 N–H and O–H groups in total. The minimum Gasteiger partial charge on any atom is -0.497 e. The van der Waals surface area contributed by atoms with E-state index in [2.05, 4.69) is 0 Å². The maximum atomic E-state index is 13.2. The van der Waals surface area contributed by atoms with Crippen molar-refractivity contribution < 1.29 is 19.1 Å². The van der Waals surface area contributed by atoms with Gasteiger partial charge in [0.25, 0.3) is 0 Å². The van der Waals surface area contributed by atoms with E-state index in [1.165, 1.54) is 0 Å². The van der Waals surface area contributed by atoms with Crippen LogP contribution in [0, 0.1) is 13.8 Å². The summed E-state index contributed by atoms with van der Waals surface area (Å²) in [5, 5.41) is 1.06. The van der Waals surface area contributed by atoms with Gasteiger partial charge in [-0.15, -0.1) is 0 Å². The predicted molar refractivity (Wildman–Crippen MR) is 129 cm³/mol. The van der Waals surface area contributed by atoms with Crippen molar-refractivity contribution in [3.63, 3.8) is 0 Å². The highest BCUT2D eigenvalue weighted by Gasteiger charge is 2.21. The zero-order valence-electron chi connectivity index (χ0n) is 18.5. The number of hydrogen-bond acceptors (Lipinski definition) is 5. The lowest BCUT2D eigenvalue weighted by Crippen LogP contribution is -2.16. The molecule has 0 amide bonds. The third-order valence-corrected chi connectivity index (χ3v) is 5.70. The Morgan fingerprint density at radius 1 is 0.939 bits per heavy atom. The van der Waals surface area contributed by atoms with Crippen LogP contribution >= 0.6 is 11.6 Å². The summed E-state index contributed by atoms with van der Waals surface area (Å²) in [6, 6.07) is 19.8. The summed E-state index contributed by atoms with van der Waals surface area (Å²) in [4.78, 5) is 30.5. The molecule has 0 aliphatic carbocycles. The number of carbonyl (C=O) groups is 2. The van der Waals surface area contributed by atoms with Gasteiger partial charge in [-0.25, -0.2) is 9.78 Å². The number of rotatable bonds is 6. The number of esters is 1. The molecule has 3 aromatic carbocycles. The van der Waals surface area contributed by atoms with Gasteiger partial charge in [0.15, 0.2) is 12.4 Å². The molecule has 0 atom stereocenters. The Bertz CT molecular complexity index is 1350. The Balaban J connectivity index is 1.69. The minimum atomic E-state index is -0.600. The average molecular weight is 460 g/mol. The van der Waals surface area contributed by atoms with Crippen LogP contribution in [0.2, 0.25) is 5.02 Å². The second-order valence-electron chi connectivity index (χ2n) is 7.72. The SMILES string of the molecule is COc1ccc(C(=O)COC(=O)c2c(C)c(-c3ccc(C)cc3)nc3ccc(Cl)cc23)cc1. The standard InChI is InChI=1S/C27H22ClNO4/c1-16-4-6-19(7-5-16)26-17(2)25(22-14-20(28)10-13-23(22)29-26)27(31)33-15-24(30)18-8-11-21(32-3)12-9-18/h4-14H,15H2,1-3H3. The van der Waals surface area contributed by atoms with Gasteiger partial charge >= 0.3 is 5.97 Å². The molecule has 1 heterocycles. The second-order valence-corrected chi connectivity index (χ2v) is 8.15. The maximum absolute atomic E-state index is 13.2. The molecule has 4 aromatic rings. The van der Waals surface area contributed by atoms with Crippen molar-refractivity contribution in [3.8, 4) is 17.0 Å². The fourth-order valence-corrected chi connectivity index (χ4v) is 3.82. The van der Waals surface area contributed by atoms with Crippen LogP contribution in [0.4, 0.5) is 0 Å². The lowest BCUT2D eigenvalue weighted by atomic mass is 9.97. The Kier molecular flexibility index (Phi) is 6.43.